The largest absolute Gasteiger partial charge is 0.588 e. The van der Waals surface area contributed by atoms with E-state index >= 15 is 0 Å². The number of allylic oxidation sites excluding steroid dienone is 1. The summed E-state index contributed by atoms with van der Waals surface area (Å²) in [4.78, 5) is 25.5. The second-order valence-corrected chi connectivity index (χ2v) is 12.1. The molecule has 0 amide bonds. The molecule has 2 heterocycles. The van der Waals surface area contributed by atoms with Gasteiger partial charge in [-0.2, -0.15) is 0 Å². The third-order valence-corrected chi connectivity index (χ3v) is 11.0. The minimum absolute atomic E-state index is 0.0244. The van der Waals surface area contributed by atoms with Gasteiger partial charge >= 0.3 is 7.82 Å². The minimum atomic E-state index is -3.96. The first-order chi connectivity index (χ1) is 14.9. The highest BCUT2D eigenvalue weighted by atomic mass is 31.2. The molecule has 0 radical (unpaired) electrons. The Hall–Kier alpha value is -1.51. The molecule has 4 aliphatic carbocycles. The van der Waals surface area contributed by atoms with Gasteiger partial charge in [-0.25, -0.2) is 4.57 Å². The lowest BCUT2D eigenvalue weighted by molar-refractivity contribution is -0.185. The summed E-state index contributed by atoms with van der Waals surface area (Å²) in [6.07, 6.45) is -0.264. The van der Waals surface area contributed by atoms with Gasteiger partial charge in [-0.05, 0) is 50.0 Å². The first-order valence-corrected chi connectivity index (χ1v) is 12.6. The summed E-state index contributed by atoms with van der Waals surface area (Å²) < 4.78 is 29.8. The Labute approximate surface area is 185 Å². The molecule has 174 valence electrons. The Bertz CT molecular complexity index is 1090. The van der Waals surface area contributed by atoms with E-state index < -0.39 is 54.6 Å². The molecule has 0 aromatic carbocycles. The van der Waals surface area contributed by atoms with Crippen molar-refractivity contribution in [2.45, 2.75) is 64.3 Å². The summed E-state index contributed by atoms with van der Waals surface area (Å²) in [5.41, 5.74) is -2.24. The highest BCUT2D eigenvalue weighted by molar-refractivity contribution is 7.49. The van der Waals surface area contributed by atoms with E-state index in [0.717, 1.165) is 0 Å². The summed E-state index contributed by atoms with van der Waals surface area (Å²) in [5, 5.41) is 32.4. The first-order valence-electron chi connectivity index (χ1n) is 11.1. The Morgan fingerprint density at radius 3 is 2.62 bits per heavy atom. The van der Waals surface area contributed by atoms with Gasteiger partial charge in [-0.3, -0.25) is 14.1 Å². The standard InChI is InChI=1S/C22H27O9P/c1-9-18-17(26)19-16-13(29-32(28,30-18)31-19)6-10-11-4-5-22(27,14(25)8-23)20(11,2)7-12(24)15(10)21(9,16)3/h10-13,15,23-24,27H,4-8H2,1-3H3/t10-,11-,12-,13?,15+,20-,21-,22-,32?/m0/s1. The van der Waals surface area contributed by atoms with Crippen molar-refractivity contribution in [2.75, 3.05) is 6.61 Å². The Morgan fingerprint density at radius 2 is 1.94 bits per heavy atom. The van der Waals surface area contributed by atoms with Gasteiger partial charge < -0.3 is 24.4 Å². The molecule has 9 nitrogen and oxygen atoms in total. The number of hydrogen-bond donors (Lipinski definition) is 3. The van der Waals surface area contributed by atoms with Gasteiger partial charge in [0.1, 0.15) is 12.2 Å². The van der Waals surface area contributed by atoms with Crippen LogP contribution in [-0.4, -0.2) is 51.3 Å². The maximum atomic E-state index is 13.0. The van der Waals surface area contributed by atoms with E-state index in [2.05, 4.69) is 0 Å². The van der Waals surface area contributed by atoms with Crippen molar-refractivity contribution < 1.29 is 43.0 Å². The third-order valence-electron chi connectivity index (χ3n) is 9.68. The summed E-state index contributed by atoms with van der Waals surface area (Å²) in [6, 6.07) is 0. The van der Waals surface area contributed by atoms with Crippen molar-refractivity contribution in [3.63, 3.8) is 0 Å². The number of aliphatic hydroxyl groups is 3. The third kappa shape index (κ3) is 2.09. The molecule has 1 saturated heterocycles. The number of carbonyl (C=O) groups is 2. The molecule has 0 spiro atoms. The maximum Gasteiger partial charge on any atom is 0.588 e. The number of phosphoric ester groups is 1. The molecule has 3 saturated carbocycles. The molecular formula is C22H27O9P. The van der Waals surface area contributed by atoms with Crippen LogP contribution < -0.4 is 0 Å². The van der Waals surface area contributed by atoms with Crippen molar-refractivity contribution in [2.24, 2.45) is 28.6 Å². The first kappa shape index (κ1) is 21.1. The summed E-state index contributed by atoms with van der Waals surface area (Å²) in [6.45, 7) is 4.77. The zero-order valence-electron chi connectivity index (χ0n) is 18.2. The van der Waals surface area contributed by atoms with Gasteiger partial charge in [0.15, 0.2) is 17.3 Å². The number of fused-ring (bicyclic) bond motifs is 6. The van der Waals surface area contributed by atoms with Crippen molar-refractivity contribution in [3.8, 4) is 0 Å². The highest BCUT2D eigenvalue weighted by Crippen LogP contribution is 2.74. The number of Topliss-reactive ketones (excluding diaryl/α,β-unsaturated/α-hetero) is 2. The SMILES string of the molecule is CC1=C2OP3(=O)OC(=C4C(C[C@@H]5[C@H]([C@@H](O)C[C@@]6(C)[C@H]5CC[C@]6(O)C(=O)CO)[C@]14C)O3)C2=O. The number of rotatable bonds is 2. The quantitative estimate of drug-likeness (QED) is 0.520. The van der Waals surface area contributed by atoms with Crippen LogP contribution in [0.4, 0.5) is 0 Å². The van der Waals surface area contributed by atoms with E-state index in [1.165, 1.54) is 0 Å². The van der Waals surface area contributed by atoms with Crippen LogP contribution in [0.25, 0.3) is 0 Å². The van der Waals surface area contributed by atoms with Crippen LogP contribution in [-0.2, 0) is 27.7 Å². The lowest BCUT2D eigenvalue weighted by Gasteiger charge is -2.63. The average Bonchev–Trinajstić information content (AvgIpc) is 2.99. The van der Waals surface area contributed by atoms with Crippen LogP contribution in [0.5, 0.6) is 0 Å². The molecule has 3 bridgehead atoms. The van der Waals surface area contributed by atoms with Gasteiger partial charge in [0.05, 0.1) is 12.2 Å². The van der Waals surface area contributed by atoms with Crippen LogP contribution in [0, 0.1) is 28.6 Å². The fourth-order valence-electron chi connectivity index (χ4n) is 8.17. The van der Waals surface area contributed by atoms with Gasteiger partial charge in [-0.15, -0.1) is 0 Å². The van der Waals surface area contributed by atoms with Crippen molar-refractivity contribution in [3.05, 3.63) is 22.7 Å². The number of ketones is 2. The Kier molecular flexibility index (Phi) is 3.91. The van der Waals surface area contributed by atoms with E-state index in [0.29, 0.717) is 24.0 Å². The Morgan fingerprint density at radius 1 is 1.25 bits per heavy atom. The van der Waals surface area contributed by atoms with Crippen LogP contribution >= 0.6 is 7.82 Å². The normalized spacial score (nSPS) is 52.9. The summed E-state index contributed by atoms with van der Waals surface area (Å²) in [7, 11) is -3.96. The number of aliphatic hydroxyl groups excluding tert-OH is 2. The zero-order valence-corrected chi connectivity index (χ0v) is 19.1. The molecule has 6 rings (SSSR count). The fourth-order valence-corrected chi connectivity index (χ4v) is 9.65. The van der Waals surface area contributed by atoms with Crippen molar-refractivity contribution >= 4 is 19.4 Å². The Balaban J connectivity index is 1.53. The molecule has 0 aromatic rings. The second kappa shape index (κ2) is 5.94. The van der Waals surface area contributed by atoms with Gasteiger partial charge in [0.2, 0.25) is 0 Å². The number of carbonyl (C=O) groups excluding carboxylic acids is 2. The molecule has 32 heavy (non-hydrogen) atoms. The number of phosphoric acid groups is 1. The van der Waals surface area contributed by atoms with Gasteiger partial charge in [-0.1, -0.05) is 13.8 Å². The van der Waals surface area contributed by atoms with Crippen LogP contribution in [0.2, 0.25) is 0 Å². The molecule has 0 aromatic heterocycles. The fraction of sp³-hybridized carbons (Fsp3) is 0.727. The predicted molar refractivity (Wildman–Crippen MR) is 108 cm³/mol. The smallest absolute Gasteiger partial charge is 0.393 e. The topological polar surface area (TPSA) is 140 Å². The lowest BCUT2D eigenvalue weighted by atomic mass is 9.44. The maximum absolute atomic E-state index is 13.0. The van der Waals surface area contributed by atoms with Crippen molar-refractivity contribution in [1.82, 2.24) is 0 Å². The molecule has 9 atom stereocenters. The average molecular weight is 466 g/mol. The van der Waals surface area contributed by atoms with E-state index in [9.17, 15) is 29.5 Å². The molecule has 3 N–H and O–H groups in total. The molecule has 2 unspecified atom stereocenters. The van der Waals surface area contributed by atoms with Crippen molar-refractivity contribution in [1.29, 1.82) is 0 Å². The predicted octanol–water partition coefficient (Wildman–Crippen LogP) is 1.77. The van der Waals surface area contributed by atoms with E-state index in [1.54, 1.807) is 6.92 Å². The van der Waals surface area contributed by atoms with E-state index in [1.807, 2.05) is 13.8 Å². The second-order valence-electron chi connectivity index (χ2n) is 10.7. The summed E-state index contributed by atoms with van der Waals surface area (Å²) >= 11 is 0. The molecule has 4 fully saturated rings. The molecule has 10 heteroatoms. The summed E-state index contributed by atoms with van der Waals surface area (Å²) in [5.74, 6) is -1.69. The van der Waals surface area contributed by atoms with Crippen LogP contribution in [0.1, 0.15) is 46.5 Å². The highest BCUT2D eigenvalue weighted by Gasteiger charge is 2.72. The monoisotopic (exact) mass is 466 g/mol. The number of hydrogen-bond acceptors (Lipinski definition) is 9. The molecule has 2 aliphatic heterocycles. The zero-order chi connectivity index (χ0) is 23.0. The van der Waals surface area contributed by atoms with Gasteiger partial charge in [0, 0.05) is 22.3 Å². The molecule has 6 aliphatic rings. The minimum Gasteiger partial charge on any atom is -0.393 e. The van der Waals surface area contributed by atoms with E-state index in [4.69, 9.17) is 13.6 Å². The van der Waals surface area contributed by atoms with Gasteiger partial charge in [0.25, 0.3) is 5.78 Å². The van der Waals surface area contributed by atoms with E-state index in [-0.39, 0.29) is 42.1 Å². The van der Waals surface area contributed by atoms with Crippen LogP contribution in [0.15, 0.2) is 22.7 Å². The van der Waals surface area contributed by atoms with Crippen LogP contribution in [0.3, 0.4) is 0 Å². The molecular weight excluding hydrogens is 439 g/mol. The lowest BCUT2D eigenvalue weighted by Crippen LogP contribution is -2.64.